The monoisotopic (exact) mass is 416 g/mol. The maximum atomic E-state index is 13.0. The Hall–Kier alpha value is -2.89. The Labute approximate surface area is 164 Å². The summed E-state index contributed by atoms with van der Waals surface area (Å²) in [6.07, 6.45) is 4.84. The quantitative estimate of drug-likeness (QED) is 0.514. The van der Waals surface area contributed by atoms with Gasteiger partial charge in [-0.25, -0.2) is 13.4 Å². The molecule has 0 fully saturated rings. The minimum Gasteiger partial charge on any atom is -0.301 e. The molecule has 9 nitrogen and oxygen atoms in total. The second-order valence-corrected chi connectivity index (χ2v) is 9.31. The summed E-state index contributed by atoms with van der Waals surface area (Å²) in [5, 5.41) is 10.4. The number of sulfonamides is 1. The number of rotatable bonds is 5. The van der Waals surface area contributed by atoms with Gasteiger partial charge in [0.2, 0.25) is 15.9 Å². The van der Waals surface area contributed by atoms with Crippen LogP contribution < -0.4 is 5.32 Å². The summed E-state index contributed by atoms with van der Waals surface area (Å²) in [6.45, 7) is 1.46. The molecule has 0 unspecified atom stereocenters. The molecule has 0 aliphatic rings. The molecule has 0 atom stereocenters. The Morgan fingerprint density at radius 3 is 2.93 bits per heavy atom. The van der Waals surface area contributed by atoms with Gasteiger partial charge in [-0.15, -0.1) is 0 Å². The van der Waals surface area contributed by atoms with Crippen LogP contribution in [0.1, 0.15) is 5.56 Å². The number of likely N-dealkylation sites (N-methyl/N-ethyl adjacent to an activating group) is 1. The number of thiazole rings is 1. The Balaban J connectivity index is 1.55. The van der Waals surface area contributed by atoms with Gasteiger partial charge in [0.25, 0.3) is 0 Å². The molecule has 0 radical (unpaired) electrons. The summed E-state index contributed by atoms with van der Waals surface area (Å²) in [7, 11) is -2.53. The van der Waals surface area contributed by atoms with Gasteiger partial charge in [0, 0.05) is 24.8 Å². The van der Waals surface area contributed by atoms with Crippen LogP contribution in [0.2, 0.25) is 0 Å². The van der Waals surface area contributed by atoms with Crippen molar-refractivity contribution in [2.24, 2.45) is 0 Å². The molecule has 0 saturated carbocycles. The van der Waals surface area contributed by atoms with E-state index in [1.165, 1.54) is 18.4 Å². The average Bonchev–Trinajstić information content (AvgIpc) is 3.26. The summed E-state index contributed by atoms with van der Waals surface area (Å²) in [4.78, 5) is 20.8. The first kappa shape index (κ1) is 18.5. The number of H-pyrrole nitrogens is 1. The SMILES string of the molecule is Cc1cc(S(=O)(=O)N(C)CC(=O)Nc2nc3ccncc3s2)c2[nH]ncc2c1. The van der Waals surface area contributed by atoms with Crippen molar-refractivity contribution in [1.82, 2.24) is 24.5 Å². The highest BCUT2D eigenvalue weighted by atomic mass is 32.2. The zero-order valence-electron chi connectivity index (χ0n) is 15.0. The summed E-state index contributed by atoms with van der Waals surface area (Å²) in [5.41, 5.74) is 1.92. The van der Waals surface area contributed by atoms with Crippen molar-refractivity contribution < 1.29 is 13.2 Å². The van der Waals surface area contributed by atoms with Crippen LogP contribution in [0.5, 0.6) is 0 Å². The van der Waals surface area contributed by atoms with Gasteiger partial charge in [0.1, 0.15) is 4.90 Å². The zero-order valence-corrected chi connectivity index (χ0v) is 16.6. The van der Waals surface area contributed by atoms with Crippen LogP contribution in [-0.2, 0) is 14.8 Å². The fraction of sp³-hybridized carbons (Fsp3) is 0.176. The van der Waals surface area contributed by atoms with Crippen molar-refractivity contribution in [1.29, 1.82) is 0 Å². The minimum atomic E-state index is -3.90. The molecule has 0 saturated heterocycles. The standard InChI is InChI=1S/C17H16N6O3S2/c1-10-5-11-7-19-22-16(11)14(6-10)28(25,26)23(2)9-15(24)21-17-20-12-3-4-18-8-13(12)27-17/h3-8H,9H2,1-2H3,(H,19,22)(H,20,21,24). The molecular weight excluding hydrogens is 400 g/mol. The number of aromatic amines is 1. The molecule has 2 N–H and O–H groups in total. The number of amides is 1. The minimum absolute atomic E-state index is 0.0846. The first-order valence-electron chi connectivity index (χ1n) is 8.25. The Bertz CT molecular complexity index is 1260. The second-order valence-electron chi connectivity index (χ2n) is 6.27. The molecule has 0 bridgehead atoms. The van der Waals surface area contributed by atoms with Gasteiger partial charge in [-0.05, 0) is 30.7 Å². The van der Waals surface area contributed by atoms with E-state index in [9.17, 15) is 13.2 Å². The smallest absolute Gasteiger partial charge is 0.245 e. The van der Waals surface area contributed by atoms with Crippen LogP contribution in [-0.4, -0.2) is 52.4 Å². The third-order valence-corrected chi connectivity index (χ3v) is 6.90. The summed E-state index contributed by atoms with van der Waals surface area (Å²) >= 11 is 1.27. The van der Waals surface area contributed by atoms with Crippen LogP contribution >= 0.6 is 11.3 Å². The topological polar surface area (TPSA) is 121 Å². The van der Waals surface area contributed by atoms with Gasteiger partial charge >= 0.3 is 0 Å². The van der Waals surface area contributed by atoms with Gasteiger partial charge in [-0.1, -0.05) is 11.3 Å². The lowest BCUT2D eigenvalue weighted by Gasteiger charge is -2.17. The van der Waals surface area contributed by atoms with Crippen LogP contribution in [0.15, 0.2) is 41.7 Å². The Morgan fingerprint density at radius 1 is 1.32 bits per heavy atom. The Kier molecular flexibility index (Phi) is 4.57. The number of anilines is 1. The van der Waals surface area contributed by atoms with Crippen molar-refractivity contribution in [3.8, 4) is 0 Å². The van der Waals surface area contributed by atoms with Crippen molar-refractivity contribution >= 4 is 53.5 Å². The number of aryl methyl sites for hydroxylation is 1. The number of hydrogen-bond donors (Lipinski definition) is 2. The number of carbonyl (C=O) groups is 1. The third-order valence-electron chi connectivity index (χ3n) is 4.15. The van der Waals surface area contributed by atoms with Gasteiger partial charge in [0.15, 0.2) is 5.13 Å². The molecule has 3 aromatic heterocycles. The van der Waals surface area contributed by atoms with Gasteiger partial charge in [-0.3, -0.25) is 14.9 Å². The highest BCUT2D eigenvalue weighted by Gasteiger charge is 2.26. The molecule has 4 aromatic rings. The molecule has 4 rings (SSSR count). The highest BCUT2D eigenvalue weighted by molar-refractivity contribution is 7.89. The first-order chi connectivity index (χ1) is 13.3. The van der Waals surface area contributed by atoms with E-state index in [2.05, 4.69) is 25.5 Å². The van der Waals surface area contributed by atoms with E-state index in [1.807, 2.05) is 6.07 Å². The van der Waals surface area contributed by atoms with Crippen LogP contribution in [0.25, 0.3) is 21.1 Å². The van der Waals surface area contributed by atoms with E-state index in [0.29, 0.717) is 16.0 Å². The van der Waals surface area contributed by atoms with E-state index in [4.69, 9.17) is 0 Å². The molecule has 1 amide bonds. The first-order valence-corrected chi connectivity index (χ1v) is 10.5. The van der Waals surface area contributed by atoms with E-state index in [0.717, 1.165) is 20.1 Å². The third kappa shape index (κ3) is 3.35. The number of nitrogens with zero attached hydrogens (tertiary/aromatic N) is 4. The molecule has 0 aliphatic heterocycles. The molecule has 0 aliphatic carbocycles. The average molecular weight is 416 g/mol. The van der Waals surface area contributed by atoms with E-state index >= 15 is 0 Å². The zero-order chi connectivity index (χ0) is 19.9. The molecular formula is C17H16N6O3S2. The second kappa shape index (κ2) is 6.93. The summed E-state index contributed by atoms with van der Waals surface area (Å²) in [6, 6.07) is 5.14. The maximum absolute atomic E-state index is 13.0. The van der Waals surface area contributed by atoms with Gasteiger partial charge in [-0.2, -0.15) is 9.40 Å². The molecule has 3 heterocycles. The van der Waals surface area contributed by atoms with E-state index in [-0.39, 0.29) is 11.4 Å². The Morgan fingerprint density at radius 2 is 2.14 bits per heavy atom. The fourth-order valence-corrected chi connectivity index (χ4v) is 5.05. The van der Waals surface area contributed by atoms with Crippen molar-refractivity contribution in [3.63, 3.8) is 0 Å². The highest BCUT2D eigenvalue weighted by Crippen LogP contribution is 2.26. The van der Waals surface area contributed by atoms with E-state index in [1.54, 1.807) is 37.6 Å². The summed E-state index contributed by atoms with van der Waals surface area (Å²) in [5.74, 6) is -0.480. The molecule has 28 heavy (non-hydrogen) atoms. The molecule has 1 aromatic carbocycles. The van der Waals surface area contributed by atoms with Gasteiger partial charge < -0.3 is 5.32 Å². The lowest BCUT2D eigenvalue weighted by molar-refractivity contribution is -0.116. The largest absolute Gasteiger partial charge is 0.301 e. The van der Waals surface area contributed by atoms with Crippen LogP contribution in [0.3, 0.4) is 0 Å². The number of hydrogen-bond acceptors (Lipinski definition) is 7. The van der Waals surface area contributed by atoms with Crippen LogP contribution in [0.4, 0.5) is 5.13 Å². The molecule has 0 spiro atoms. The number of benzene rings is 1. The predicted molar refractivity (Wildman–Crippen MR) is 107 cm³/mol. The number of fused-ring (bicyclic) bond motifs is 2. The maximum Gasteiger partial charge on any atom is 0.245 e. The fourth-order valence-electron chi connectivity index (χ4n) is 2.82. The van der Waals surface area contributed by atoms with Crippen molar-refractivity contribution in [2.45, 2.75) is 11.8 Å². The van der Waals surface area contributed by atoms with Gasteiger partial charge in [0.05, 0.1) is 28.5 Å². The number of pyridine rings is 1. The number of carbonyl (C=O) groups excluding carboxylic acids is 1. The number of aromatic nitrogens is 4. The lowest BCUT2D eigenvalue weighted by atomic mass is 10.2. The summed E-state index contributed by atoms with van der Waals surface area (Å²) < 4.78 is 27.8. The molecule has 11 heteroatoms. The lowest BCUT2D eigenvalue weighted by Crippen LogP contribution is -2.35. The van der Waals surface area contributed by atoms with Crippen LogP contribution in [0, 0.1) is 6.92 Å². The number of nitrogens with one attached hydrogen (secondary N) is 2. The van der Waals surface area contributed by atoms with E-state index < -0.39 is 15.9 Å². The van der Waals surface area contributed by atoms with Crippen molar-refractivity contribution in [3.05, 3.63) is 42.4 Å². The van der Waals surface area contributed by atoms with Crippen molar-refractivity contribution in [2.75, 3.05) is 18.9 Å². The normalized spacial score (nSPS) is 12.1. The molecule has 144 valence electrons. The predicted octanol–water partition coefficient (Wildman–Crippen LogP) is 2.14.